The molecule has 3 nitrogen and oxygen atoms in total. The second kappa shape index (κ2) is 4.53. The third-order valence-corrected chi connectivity index (χ3v) is 4.09. The van der Waals surface area contributed by atoms with Crippen molar-refractivity contribution in [2.75, 3.05) is 0 Å². The lowest BCUT2D eigenvalue weighted by atomic mass is 10.2. The second-order valence-corrected chi connectivity index (χ2v) is 5.34. The molecule has 0 unspecified atom stereocenters. The smallest absolute Gasteiger partial charge is 0.190 e. The predicted octanol–water partition coefficient (Wildman–Crippen LogP) is 5.90. The van der Waals surface area contributed by atoms with Crippen molar-refractivity contribution >= 4 is 46.4 Å². The number of halogens is 4. The van der Waals surface area contributed by atoms with E-state index in [4.69, 9.17) is 55.9 Å². The molecule has 0 saturated carbocycles. The fraction of sp³-hybridized carbons (Fsp3) is 0. The molecule has 7 heteroatoms. The largest absolute Gasteiger partial charge is 0.506 e. The Bertz CT molecular complexity index is 700. The maximum atomic E-state index is 9.60. The Labute approximate surface area is 128 Å². The first kappa shape index (κ1) is 13.0. The van der Waals surface area contributed by atoms with E-state index < -0.39 is 0 Å². The predicted molar refractivity (Wildman–Crippen MR) is 74.7 cm³/mol. The lowest BCUT2D eigenvalue weighted by Crippen LogP contribution is -2.00. The van der Waals surface area contributed by atoms with Crippen molar-refractivity contribution < 1.29 is 14.6 Å². The molecule has 0 spiro atoms. The summed E-state index contributed by atoms with van der Waals surface area (Å²) in [5.74, 6) is 1.01. The summed E-state index contributed by atoms with van der Waals surface area (Å²) in [5, 5.41) is 10.3. The highest BCUT2D eigenvalue weighted by atomic mass is 35.5. The third kappa shape index (κ3) is 2.07. The highest BCUT2D eigenvalue weighted by molar-refractivity contribution is 6.44. The van der Waals surface area contributed by atoms with Crippen LogP contribution in [0.4, 0.5) is 0 Å². The molecule has 0 radical (unpaired) electrons. The molecule has 0 bridgehead atoms. The first-order valence-electron chi connectivity index (χ1n) is 5.03. The van der Waals surface area contributed by atoms with Gasteiger partial charge in [-0.05, 0) is 0 Å². The minimum absolute atomic E-state index is 0.00692. The van der Waals surface area contributed by atoms with Gasteiger partial charge < -0.3 is 14.6 Å². The summed E-state index contributed by atoms with van der Waals surface area (Å²) in [6, 6.07) is 4.34. The van der Waals surface area contributed by atoms with Crippen LogP contribution in [0.5, 0.6) is 28.7 Å². The molecule has 1 aliphatic rings. The van der Waals surface area contributed by atoms with Crippen molar-refractivity contribution in [1.82, 2.24) is 0 Å². The highest BCUT2D eigenvalue weighted by Crippen LogP contribution is 2.54. The van der Waals surface area contributed by atoms with Crippen LogP contribution in [0.2, 0.25) is 20.1 Å². The molecule has 3 rings (SSSR count). The standard InChI is InChI=1S/C12H4Cl4O3/c13-4-1-7-8(2-5(4)14)19-12-9(18-7)3-6(17)10(15)11(12)16/h1-3,17H. The molecule has 0 aliphatic carbocycles. The van der Waals surface area contributed by atoms with Crippen LogP contribution in [0.1, 0.15) is 0 Å². The third-order valence-electron chi connectivity index (χ3n) is 2.53. The van der Waals surface area contributed by atoms with Gasteiger partial charge >= 0.3 is 0 Å². The summed E-state index contributed by atoms with van der Waals surface area (Å²) in [6.45, 7) is 0. The van der Waals surface area contributed by atoms with Crippen LogP contribution in [-0.4, -0.2) is 5.11 Å². The van der Waals surface area contributed by atoms with Crippen LogP contribution in [0.15, 0.2) is 18.2 Å². The van der Waals surface area contributed by atoms with Gasteiger partial charge in [-0.3, -0.25) is 0 Å². The Hall–Kier alpha value is -1.00. The van der Waals surface area contributed by atoms with Gasteiger partial charge in [0.15, 0.2) is 23.0 Å². The minimum atomic E-state index is -0.197. The molecule has 1 aliphatic heterocycles. The van der Waals surface area contributed by atoms with Crippen molar-refractivity contribution in [3.05, 3.63) is 38.3 Å². The van der Waals surface area contributed by atoms with E-state index in [-0.39, 0.29) is 27.3 Å². The van der Waals surface area contributed by atoms with Gasteiger partial charge in [0.25, 0.3) is 0 Å². The summed E-state index contributed by atoms with van der Waals surface area (Å²) in [5.41, 5.74) is 0. The number of aromatic hydroxyl groups is 1. The van der Waals surface area contributed by atoms with E-state index in [0.717, 1.165) is 0 Å². The maximum absolute atomic E-state index is 9.60. The van der Waals surface area contributed by atoms with Crippen molar-refractivity contribution in [3.8, 4) is 28.7 Å². The van der Waals surface area contributed by atoms with Crippen molar-refractivity contribution in [2.45, 2.75) is 0 Å². The fourth-order valence-electron chi connectivity index (χ4n) is 1.64. The Morgan fingerprint density at radius 1 is 0.737 bits per heavy atom. The van der Waals surface area contributed by atoms with Crippen LogP contribution in [0.25, 0.3) is 0 Å². The summed E-state index contributed by atoms with van der Waals surface area (Å²) in [6.07, 6.45) is 0. The van der Waals surface area contributed by atoms with E-state index >= 15 is 0 Å². The van der Waals surface area contributed by atoms with Gasteiger partial charge in [-0.1, -0.05) is 46.4 Å². The number of hydrogen-bond donors (Lipinski definition) is 1. The van der Waals surface area contributed by atoms with Crippen LogP contribution in [-0.2, 0) is 0 Å². The maximum Gasteiger partial charge on any atom is 0.190 e. The summed E-state index contributed by atoms with van der Waals surface area (Å²) in [7, 11) is 0. The number of phenols is 1. The quantitative estimate of drug-likeness (QED) is 0.554. The molecule has 1 N–H and O–H groups in total. The Kier molecular flexibility index (Phi) is 3.10. The molecule has 98 valence electrons. The van der Waals surface area contributed by atoms with E-state index in [0.29, 0.717) is 21.5 Å². The van der Waals surface area contributed by atoms with Crippen LogP contribution in [0, 0.1) is 0 Å². The molecule has 0 atom stereocenters. The summed E-state index contributed by atoms with van der Waals surface area (Å²) < 4.78 is 11.1. The van der Waals surface area contributed by atoms with Gasteiger partial charge in [-0.2, -0.15) is 0 Å². The van der Waals surface area contributed by atoms with E-state index in [1.807, 2.05) is 0 Å². The van der Waals surface area contributed by atoms with Gasteiger partial charge in [-0.15, -0.1) is 0 Å². The van der Waals surface area contributed by atoms with Gasteiger partial charge in [-0.25, -0.2) is 0 Å². The Morgan fingerprint density at radius 2 is 1.32 bits per heavy atom. The van der Waals surface area contributed by atoms with Crippen LogP contribution >= 0.6 is 46.4 Å². The molecule has 2 aromatic rings. The number of fused-ring (bicyclic) bond motifs is 2. The van der Waals surface area contributed by atoms with Gasteiger partial charge in [0.1, 0.15) is 15.8 Å². The van der Waals surface area contributed by atoms with Crippen molar-refractivity contribution in [3.63, 3.8) is 0 Å². The molecule has 2 aromatic carbocycles. The Balaban J connectivity index is 2.17. The van der Waals surface area contributed by atoms with Gasteiger partial charge in [0.2, 0.25) is 0 Å². The molecule has 0 fully saturated rings. The van der Waals surface area contributed by atoms with Crippen LogP contribution in [0.3, 0.4) is 0 Å². The molecule has 19 heavy (non-hydrogen) atoms. The molecule has 0 amide bonds. The highest BCUT2D eigenvalue weighted by Gasteiger charge is 2.26. The van der Waals surface area contributed by atoms with Gasteiger partial charge in [0, 0.05) is 18.2 Å². The number of hydrogen-bond acceptors (Lipinski definition) is 3. The first-order valence-corrected chi connectivity index (χ1v) is 6.54. The van der Waals surface area contributed by atoms with E-state index in [2.05, 4.69) is 0 Å². The van der Waals surface area contributed by atoms with E-state index in [1.54, 1.807) is 0 Å². The van der Waals surface area contributed by atoms with Gasteiger partial charge in [0.05, 0.1) is 10.0 Å². The molecular formula is C12H4Cl4O3. The zero-order valence-electron chi connectivity index (χ0n) is 9.01. The Morgan fingerprint density at radius 3 is 1.95 bits per heavy atom. The molecule has 1 heterocycles. The zero-order valence-corrected chi connectivity index (χ0v) is 12.0. The molecular weight excluding hydrogens is 334 g/mol. The first-order chi connectivity index (χ1) is 8.97. The van der Waals surface area contributed by atoms with Crippen molar-refractivity contribution in [1.29, 1.82) is 0 Å². The van der Waals surface area contributed by atoms with Crippen molar-refractivity contribution in [2.24, 2.45) is 0 Å². The number of ether oxygens (including phenoxy) is 2. The minimum Gasteiger partial charge on any atom is -0.506 e. The number of benzene rings is 2. The van der Waals surface area contributed by atoms with E-state index in [9.17, 15) is 5.11 Å². The van der Waals surface area contributed by atoms with E-state index in [1.165, 1.54) is 18.2 Å². The monoisotopic (exact) mass is 336 g/mol. The zero-order chi connectivity index (χ0) is 13.7. The molecule has 0 aromatic heterocycles. The normalized spacial score (nSPS) is 12.2. The summed E-state index contributed by atoms with van der Waals surface area (Å²) in [4.78, 5) is 0. The second-order valence-electron chi connectivity index (χ2n) is 3.77. The molecule has 0 saturated heterocycles. The lowest BCUT2D eigenvalue weighted by molar-refractivity contribution is 0.356. The average molecular weight is 338 g/mol. The van der Waals surface area contributed by atoms with Crippen LogP contribution < -0.4 is 9.47 Å². The summed E-state index contributed by atoms with van der Waals surface area (Å²) >= 11 is 23.6. The fourth-order valence-corrected chi connectivity index (χ4v) is 2.32. The average Bonchev–Trinajstić information content (AvgIpc) is 2.37. The topological polar surface area (TPSA) is 38.7 Å². The lowest BCUT2D eigenvalue weighted by Gasteiger charge is -2.22. The SMILES string of the molecule is Oc1cc2c(c(Cl)c1Cl)Oc1cc(Cl)c(Cl)cc1O2. The number of rotatable bonds is 0. The number of phenolic OH excluding ortho intramolecular Hbond substituents is 1.